The number of carbonyl (C=O) groups is 1. The number of halogens is 3. The minimum Gasteiger partial charge on any atom is -0.463 e. The number of amidine groups is 1. The maximum atomic E-state index is 14.3. The number of amides is 1. The van der Waals surface area contributed by atoms with Gasteiger partial charge in [-0.1, -0.05) is 0 Å². The van der Waals surface area contributed by atoms with E-state index in [1.807, 2.05) is 0 Å². The van der Waals surface area contributed by atoms with Gasteiger partial charge in [-0.25, -0.2) is 4.99 Å². The van der Waals surface area contributed by atoms with Gasteiger partial charge in [-0.2, -0.15) is 13.2 Å². The molecular formula is C26H34F3N5O4. The van der Waals surface area contributed by atoms with Gasteiger partial charge in [0, 0.05) is 70.3 Å². The Kier molecular flexibility index (Phi) is 6.76. The highest BCUT2D eigenvalue weighted by Gasteiger charge is 2.60. The number of alkyl halides is 3. The topological polar surface area (TPSA) is 88.5 Å². The third-order valence-electron chi connectivity index (χ3n) is 8.85. The monoisotopic (exact) mass is 537 g/mol. The third-order valence-corrected chi connectivity index (χ3v) is 8.85. The van der Waals surface area contributed by atoms with E-state index in [0.717, 1.165) is 25.1 Å². The molecule has 1 aliphatic carbocycles. The predicted octanol–water partition coefficient (Wildman–Crippen LogP) is 1.85. The van der Waals surface area contributed by atoms with E-state index in [2.05, 4.69) is 20.2 Å². The molecule has 5 aliphatic rings. The van der Waals surface area contributed by atoms with Gasteiger partial charge in [0.05, 0.1) is 30.2 Å². The summed E-state index contributed by atoms with van der Waals surface area (Å²) in [6.07, 6.45) is -0.860. The first kappa shape index (κ1) is 25.8. The van der Waals surface area contributed by atoms with Crippen molar-refractivity contribution in [1.29, 1.82) is 0 Å². The average Bonchev–Trinajstić information content (AvgIpc) is 3.63. The number of likely N-dealkylation sites (tertiary alicyclic amines) is 1. The van der Waals surface area contributed by atoms with Crippen molar-refractivity contribution >= 4 is 11.9 Å². The van der Waals surface area contributed by atoms with Crippen molar-refractivity contribution in [2.45, 2.75) is 56.6 Å². The molecule has 5 heterocycles. The quantitative estimate of drug-likeness (QED) is 0.627. The summed E-state index contributed by atoms with van der Waals surface area (Å²) < 4.78 is 57.0. The van der Waals surface area contributed by atoms with E-state index in [-0.39, 0.29) is 36.6 Å². The first-order chi connectivity index (χ1) is 18.3. The maximum Gasteiger partial charge on any atom is 0.417 e. The molecule has 0 aromatic carbocycles. The molecule has 0 bridgehead atoms. The van der Waals surface area contributed by atoms with Crippen molar-refractivity contribution in [2.24, 2.45) is 16.3 Å². The molecule has 1 N–H and O–H groups in total. The smallest absolute Gasteiger partial charge is 0.417 e. The van der Waals surface area contributed by atoms with Gasteiger partial charge in [0.2, 0.25) is 5.91 Å². The van der Waals surface area contributed by atoms with E-state index in [0.29, 0.717) is 76.1 Å². The number of aromatic nitrogens is 1. The summed E-state index contributed by atoms with van der Waals surface area (Å²) in [5.41, 5.74) is -0.330. The number of rotatable bonds is 4. The number of fused-ring (bicyclic) bond motifs is 2. The number of nitrogens with zero attached hydrogens (tertiary/aromatic N) is 4. The van der Waals surface area contributed by atoms with Crippen molar-refractivity contribution in [3.8, 4) is 0 Å². The lowest BCUT2D eigenvalue weighted by atomic mass is 9.78. The van der Waals surface area contributed by atoms with Crippen LogP contribution >= 0.6 is 0 Å². The van der Waals surface area contributed by atoms with E-state index in [1.165, 1.54) is 0 Å². The molecule has 0 radical (unpaired) electrons. The molecule has 38 heavy (non-hydrogen) atoms. The van der Waals surface area contributed by atoms with Crippen LogP contribution in [0.2, 0.25) is 0 Å². The van der Waals surface area contributed by atoms with Crippen LogP contribution in [0.4, 0.5) is 13.2 Å². The summed E-state index contributed by atoms with van der Waals surface area (Å²) in [4.78, 5) is 26.7. The molecule has 5 atom stereocenters. The Morgan fingerprint density at radius 1 is 1.32 bits per heavy atom. The molecule has 12 heteroatoms. The highest BCUT2D eigenvalue weighted by Crippen LogP contribution is 2.51. The van der Waals surface area contributed by atoms with Gasteiger partial charge in [-0.05, 0) is 36.8 Å². The Bertz CT molecular complexity index is 1100. The van der Waals surface area contributed by atoms with Crippen LogP contribution < -0.4 is 5.32 Å². The molecule has 6 rings (SSSR count). The Balaban J connectivity index is 1.23. The molecule has 3 fully saturated rings. The van der Waals surface area contributed by atoms with E-state index in [1.54, 1.807) is 12.0 Å². The molecular weight excluding hydrogens is 503 g/mol. The van der Waals surface area contributed by atoms with E-state index < -0.39 is 17.2 Å². The minimum absolute atomic E-state index is 0.00577. The zero-order valence-corrected chi connectivity index (χ0v) is 21.5. The fourth-order valence-electron chi connectivity index (χ4n) is 7.00. The summed E-state index contributed by atoms with van der Waals surface area (Å²) in [7, 11) is 1.69. The maximum absolute atomic E-state index is 14.3. The standard InChI is InChI=1S/C26H34F3N5O4/c1-36-22-14-37-6-3-21(22)32-19-9-18-13-34(24-30-4-7-38-24)15-25(18,10-19)23(35)33-5-2-20-16(12-33)8-17(11-31-20)26(27,28)29/h8,11,18-19,21-22,32H,2-7,9-10,12-15H2,1H3/t18-,19+,21?,22?,25-/m0/s1. The first-order valence-corrected chi connectivity index (χ1v) is 13.4. The Labute approximate surface area is 219 Å². The molecule has 9 nitrogen and oxygen atoms in total. The lowest BCUT2D eigenvalue weighted by Crippen LogP contribution is -2.52. The summed E-state index contributed by atoms with van der Waals surface area (Å²) in [6, 6.07) is 2.03. The minimum atomic E-state index is -4.47. The van der Waals surface area contributed by atoms with Gasteiger partial charge < -0.3 is 29.3 Å². The number of hydrogen-bond donors (Lipinski definition) is 1. The summed E-state index contributed by atoms with van der Waals surface area (Å²) >= 11 is 0. The number of pyridine rings is 1. The second kappa shape index (κ2) is 9.95. The van der Waals surface area contributed by atoms with Crippen molar-refractivity contribution in [2.75, 3.05) is 53.1 Å². The third kappa shape index (κ3) is 4.64. The highest BCUT2D eigenvalue weighted by molar-refractivity contribution is 5.86. The molecule has 4 aliphatic heterocycles. The first-order valence-electron chi connectivity index (χ1n) is 13.4. The lowest BCUT2D eigenvalue weighted by molar-refractivity contribution is -0.143. The second-order valence-corrected chi connectivity index (χ2v) is 11.1. The SMILES string of the molecule is COC1COCCC1N[C@@H]1C[C@H]2CN(C3=NCCO3)C[C@@]2(C(=O)N2CCc3ncc(C(F)(F)F)cc3C2)C1. The predicted molar refractivity (Wildman–Crippen MR) is 130 cm³/mol. The number of ether oxygens (including phenoxy) is 3. The van der Waals surface area contributed by atoms with Crippen LogP contribution in [0.15, 0.2) is 17.3 Å². The van der Waals surface area contributed by atoms with E-state index in [9.17, 15) is 18.0 Å². The van der Waals surface area contributed by atoms with Crippen LogP contribution in [-0.2, 0) is 38.1 Å². The van der Waals surface area contributed by atoms with Crippen LogP contribution in [0.25, 0.3) is 0 Å². The summed E-state index contributed by atoms with van der Waals surface area (Å²) in [5.74, 6) is 0.0903. The normalized spacial score (nSPS) is 33.1. The molecule has 2 unspecified atom stereocenters. The molecule has 0 spiro atoms. The van der Waals surface area contributed by atoms with Crippen molar-refractivity contribution < 1.29 is 32.2 Å². The van der Waals surface area contributed by atoms with Crippen LogP contribution in [0.1, 0.15) is 36.1 Å². The average molecular weight is 538 g/mol. The fourth-order valence-corrected chi connectivity index (χ4v) is 7.00. The Morgan fingerprint density at radius 2 is 2.18 bits per heavy atom. The second-order valence-electron chi connectivity index (χ2n) is 11.1. The van der Waals surface area contributed by atoms with Gasteiger partial charge in [0.1, 0.15) is 6.61 Å². The van der Waals surface area contributed by atoms with Gasteiger partial charge in [-0.3, -0.25) is 9.78 Å². The largest absolute Gasteiger partial charge is 0.463 e. The molecule has 1 aromatic heterocycles. The van der Waals surface area contributed by atoms with Gasteiger partial charge in [-0.15, -0.1) is 0 Å². The van der Waals surface area contributed by atoms with Crippen LogP contribution in [0.5, 0.6) is 0 Å². The van der Waals surface area contributed by atoms with Crippen molar-refractivity contribution in [1.82, 2.24) is 20.1 Å². The van der Waals surface area contributed by atoms with E-state index >= 15 is 0 Å². The molecule has 1 saturated carbocycles. The zero-order chi connectivity index (χ0) is 26.5. The molecule has 2 saturated heterocycles. The Morgan fingerprint density at radius 3 is 2.95 bits per heavy atom. The van der Waals surface area contributed by atoms with Crippen molar-refractivity contribution in [3.63, 3.8) is 0 Å². The van der Waals surface area contributed by atoms with Crippen LogP contribution in [0, 0.1) is 11.3 Å². The number of carbonyl (C=O) groups excluding carboxylic acids is 1. The molecule has 1 aromatic rings. The number of aliphatic imine (C=N–C) groups is 1. The number of hydrogen-bond acceptors (Lipinski definition) is 8. The lowest BCUT2D eigenvalue weighted by Gasteiger charge is -2.37. The summed E-state index contributed by atoms with van der Waals surface area (Å²) in [5, 5.41) is 3.76. The highest BCUT2D eigenvalue weighted by atomic mass is 19.4. The van der Waals surface area contributed by atoms with E-state index in [4.69, 9.17) is 14.2 Å². The summed E-state index contributed by atoms with van der Waals surface area (Å²) in [6.45, 7) is 4.13. The fraction of sp³-hybridized carbons (Fsp3) is 0.731. The van der Waals surface area contributed by atoms with Gasteiger partial charge >= 0.3 is 6.18 Å². The van der Waals surface area contributed by atoms with Gasteiger partial charge in [0.15, 0.2) is 0 Å². The van der Waals surface area contributed by atoms with Crippen LogP contribution in [0.3, 0.4) is 0 Å². The Hall–Kier alpha value is -2.44. The molecule has 208 valence electrons. The van der Waals surface area contributed by atoms with Gasteiger partial charge in [0.25, 0.3) is 6.02 Å². The van der Waals surface area contributed by atoms with Crippen LogP contribution in [-0.4, -0.2) is 98.0 Å². The zero-order valence-electron chi connectivity index (χ0n) is 21.5. The van der Waals surface area contributed by atoms with Crippen molar-refractivity contribution in [3.05, 3.63) is 29.1 Å². The number of methoxy groups -OCH3 is 1. The number of nitrogens with one attached hydrogen (secondary N) is 1. The molecule has 1 amide bonds.